The molecule has 0 saturated heterocycles. The summed E-state index contributed by atoms with van der Waals surface area (Å²) >= 11 is 0. The Morgan fingerprint density at radius 1 is 1.14 bits per heavy atom. The van der Waals surface area contributed by atoms with Gasteiger partial charge in [0.25, 0.3) is 0 Å². The molecule has 1 aliphatic rings. The van der Waals surface area contributed by atoms with Gasteiger partial charge in [0.05, 0.1) is 12.1 Å². The molecule has 0 amide bonds. The van der Waals surface area contributed by atoms with Crippen LogP contribution in [0.5, 0.6) is 0 Å². The quantitative estimate of drug-likeness (QED) is 0.261. The van der Waals surface area contributed by atoms with E-state index in [2.05, 4.69) is 32.1 Å². The monoisotopic (exact) mass is 416 g/mol. The number of carbonyl (C=O) groups is 2. The Labute approximate surface area is 213 Å². The number of allylic oxidation sites excluding steroid dienone is 4. The van der Waals surface area contributed by atoms with Crippen molar-refractivity contribution in [1.82, 2.24) is 0 Å². The van der Waals surface area contributed by atoms with Crippen LogP contribution >= 0.6 is 0 Å². The number of hydrogen-bond donors (Lipinski definition) is 1. The van der Waals surface area contributed by atoms with Gasteiger partial charge in [-0.1, -0.05) is 49.5 Å². The molecule has 0 aromatic rings. The molecule has 0 bridgehead atoms. The van der Waals surface area contributed by atoms with Crippen LogP contribution in [0.2, 0.25) is 0 Å². The van der Waals surface area contributed by atoms with Gasteiger partial charge < -0.3 is 15.0 Å². The van der Waals surface area contributed by atoms with E-state index in [1.165, 1.54) is 31.3 Å². The minimum absolute atomic E-state index is 0. The number of aliphatic carboxylic acids is 1. The topological polar surface area (TPSA) is 77.4 Å². The van der Waals surface area contributed by atoms with Crippen molar-refractivity contribution in [1.29, 1.82) is 0 Å². The fourth-order valence-electron chi connectivity index (χ4n) is 3.78. The van der Waals surface area contributed by atoms with Crippen LogP contribution in [0.3, 0.4) is 0 Å². The fraction of sp³-hybridized carbons (Fsp3) is 0.739. The Kier molecular flexibility index (Phi) is 17.1. The van der Waals surface area contributed by atoms with Gasteiger partial charge in [-0.3, -0.25) is 4.79 Å². The number of ketones is 1. The Bertz CT molecular complexity index is 509. The molecule has 3 atom stereocenters. The summed E-state index contributed by atoms with van der Waals surface area (Å²) in [6.45, 7) is 4.28. The van der Waals surface area contributed by atoms with Gasteiger partial charge in [0.15, 0.2) is 0 Å². The summed E-state index contributed by atoms with van der Waals surface area (Å²) in [5, 5.41) is 19.7. The number of Topliss-reactive ketones (excluding diaryl/α,β-unsaturated/α-hetero) is 1. The molecule has 1 unspecified atom stereocenters. The maximum atomic E-state index is 12.1. The second-order valence-corrected chi connectivity index (χ2v) is 8.10. The van der Waals surface area contributed by atoms with Crippen LogP contribution < -0.4 is 56.5 Å². The number of carboxylic acid groups (broad SMARTS) is 1. The Hall–Kier alpha value is 0.216. The second kappa shape index (κ2) is 17.0. The van der Waals surface area contributed by atoms with Crippen LogP contribution in [-0.4, -0.2) is 23.0 Å². The van der Waals surface area contributed by atoms with Gasteiger partial charge in [0.1, 0.15) is 5.78 Å². The van der Waals surface area contributed by atoms with E-state index in [1.54, 1.807) is 0 Å². The van der Waals surface area contributed by atoms with E-state index in [9.17, 15) is 19.8 Å². The number of aliphatic hydroxyl groups is 1. The van der Waals surface area contributed by atoms with Gasteiger partial charge in [-0.2, -0.15) is 0 Å². The molecule has 0 aliphatic heterocycles. The van der Waals surface area contributed by atoms with Gasteiger partial charge in [0.2, 0.25) is 0 Å². The van der Waals surface area contributed by atoms with E-state index < -0.39 is 12.1 Å². The first kappa shape index (κ1) is 28.2. The summed E-state index contributed by atoms with van der Waals surface area (Å²) in [6.07, 6.45) is 16.6. The molecule has 5 heteroatoms. The normalized spacial score (nSPS) is 20.2. The van der Waals surface area contributed by atoms with Crippen LogP contribution in [0.15, 0.2) is 23.8 Å². The number of aliphatic hydroxyl groups excluding tert-OH is 1. The first-order valence-corrected chi connectivity index (χ1v) is 10.6. The van der Waals surface area contributed by atoms with Crippen molar-refractivity contribution in [3.05, 3.63) is 23.8 Å². The minimum atomic E-state index is -1.40. The minimum Gasteiger partial charge on any atom is -0.547 e. The summed E-state index contributed by atoms with van der Waals surface area (Å²) in [7, 11) is 0. The fourth-order valence-corrected chi connectivity index (χ4v) is 3.78. The van der Waals surface area contributed by atoms with Crippen molar-refractivity contribution in [2.24, 2.45) is 11.8 Å². The molecule has 0 radical (unpaired) electrons. The first-order chi connectivity index (χ1) is 12.9. The molecular formula is C23H37KO4. The van der Waals surface area contributed by atoms with Crippen molar-refractivity contribution in [2.75, 3.05) is 0 Å². The Morgan fingerprint density at radius 2 is 1.82 bits per heavy atom. The van der Waals surface area contributed by atoms with Crippen molar-refractivity contribution >= 4 is 11.8 Å². The van der Waals surface area contributed by atoms with Gasteiger partial charge in [0, 0.05) is 12.3 Å². The molecule has 0 aromatic heterocycles. The Balaban J connectivity index is 0.00000729. The number of unbranched alkanes of at least 4 members (excludes halogenated alkanes) is 6. The van der Waals surface area contributed by atoms with Gasteiger partial charge in [-0.15, -0.1) is 0 Å². The van der Waals surface area contributed by atoms with Gasteiger partial charge in [-0.05, 0) is 64.7 Å². The summed E-state index contributed by atoms with van der Waals surface area (Å²) < 4.78 is 0. The van der Waals surface area contributed by atoms with Crippen molar-refractivity contribution in [3.63, 3.8) is 0 Å². The van der Waals surface area contributed by atoms with E-state index in [0.717, 1.165) is 32.1 Å². The van der Waals surface area contributed by atoms with Gasteiger partial charge >= 0.3 is 51.4 Å². The van der Waals surface area contributed by atoms with E-state index in [4.69, 9.17) is 0 Å². The summed E-state index contributed by atoms with van der Waals surface area (Å²) in [5.74, 6) is -0.522. The first-order valence-electron chi connectivity index (χ1n) is 10.6. The molecule has 0 aromatic carbocycles. The zero-order chi connectivity index (χ0) is 20.1. The third-order valence-corrected chi connectivity index (χ3v) is 5.43. The van der Waals surface area contributed by atoms with E-state index in [1.807, 2.05) is 0 Å². The molecular weight excluding hydrogens is 379 g/mol. The number of hydrogen-bond acceptors (Lipinski definition) is 4. The second-order valence-electron chi connectivity index (χ2n) is 8.10. The predicted octanol–water partition coefficient (Wildman–Crippen LogP) is 1.12. The molecule has 28 heavy (non-hydrogen) atoms. The molecule has 1 fully saturated rings. The molecule has 154 valence electrons. The molecule has 1 saturated carbocycles. The molecule has 1 aliphatic carbocycles. The average Bonchev–Trinajstić information content (AvgIpc) is 2.96. The number of carbonyl (C=O) groups excluding carboxylic acids is 2. The maximum Gasteiger partial charge on any atom is 1.00 e. The van der Waals surface area contributed by atoms with Crippen molar-refractivity contribution < 1.29 is 71.2 Å². The number of carboxylic acids is 1. The summed E-state index contributed by atoms with van der Waals surface area (Å²) in [5.41, 5.74) is 1.39. The van der Waals surface area contributed by atoms with Gasteiger partial charge in [-0.25, -0.2) is 0 Å². The van der Waals surface area contributed by atoms with Crippen LogP contribution in [0.1, 0.15) is 90.9 Å². The van der Waals surface area contributed by atoms with E-state index in [-0.39, 0.29) is 63.7 Å². The standard InChI is InChI=1S/C23H38O4.K/c1-18(2)12-8-5-3-4-6-9-13-19-16-17-21(24)20(19)14-10-7-11-15-22(25)23(26)27;/h9,12-13,19-20,22,25H,3-8,10-11,14-17H2,1-2H3,(H,26,27);/q;+1/p-1/b13-9+;/t19-,20+,22?;/m0./s1. The summed E-state index contributed by atoms with van der Waals surface area (Å²) in [6, 6.07) is 0. The largest absolute Gasteiger partial charge is 1.00 e. The third kappa shape index (κ3) is 12.7. The predicted molar refractivity (Wildman–Crippen MR) is 107 cm³/mol. The van der Waals surface area contributed by atoms with Crippen molar-refractivity contribution in [2.45, 2.75) is 97.0 Å². The van der Waals surface area contributed by atoms with E-state index in [0.29, 0.717) is 24.5 Å². The molecule has 0 spiro atoms. The zero-order valence-electron chi connectivity index (χ0n) is 18.1. The SMILES string of the molecule is CC(C)=CCCCCC/C=C/[C@H]1CCC(=O)[C@@H]1CCCCCC(O)C(=O)[O-].[K+]. The molecule has 1 rings (SSSR count). The zero-order valence-corrected chi connectivity index (χ0v) is 21.2. The molecule has 0 heterocycles. The van der Waals surface area contributed by atoms with Crippen LogP contribution in [0.4, 0.5) is 0 Å². The number of rotatable bonds is 14. The van der Waals surface area contributed by atoms with Crippen molar-refractivity contribution in [3.8, 4) is 0 Å². The van der Waals surface area contributed by atoms with Crippen LogP contribution in [-0.2, 0) is 9.59 Å². The smallest absolute Gasteiger partial charge is 0.547 e. The summed E-state index contributed by atoms with van der Waals surface area (Å²) in [4.78, 5) is 22.6. The maximum absolute atomic E-state index is 12.1. The molecule has 4 nitrogen and oxygen atoms in total. The Morgan fingerprint density at radius 3 is 2.50 bits per heavy atom. The van der Waals surface area contributed by atoms with Crippen LogP contribution in [0.25, 0.3) is 0 Å². The molecule has 1 N–H and O–H groups in total. The average molecular weight is 417 g/mol. The van der Waals surface area contributed by atoms with E-state index >= 15 is 0 Å². The third-order valence-electron chi connectivity index (χ3n) is 5.43. The van der Waals surface area contributed by atoms with Crippen LogP contribution in [0, 0.1) is 11.8 Å².